The molecule has 160 valence electrons. The molecule has 0 amide bonds. The molecule has 0 aliphatic rings. The van der Waals surface area contributed by atoms with Crippen LogP contribution in [0.4, 0.5) is 0 Å². The SMILES string of the molecule is Cc1cc2nc3sc(=Cc4ccc(OCc5ccc(Cl)cc5Cl)cc4)c(=O)n3c2cc1C. The van der Waals surface area contributed by atoms with E-state index in [9.17, 15) is 4.79 Å². The molecule has 4 nitrogen and oxygen atoms in total. The lowest BCUT2D eigenvalue weighted by molar-refractivity contribution is 0.306. The Morgan fingerprint density at radius 2 is 1.78 bits per heavy atom. The summed E-state index contributed by atoms with van der Waals surface area (Å²) in [5.74, 6) is 0.716. The van der Waals surface area contributed by atoms with E-state index in [1.807, 2.05) is 55.5 Å². The lowest BCUT2D eigenvalue weighted by Gasteiger charge is -2.08. The van der Waals surface area contributed by atoms with E-state index in [4.69, 9.17) is 27.9 Å². The molecule has 0 fully saturated rings. The van der Waals surface area contributed by atoms with Gasteiger partial charge in [0.2, 0.25) is 0 Å². The number of rotatable bonds is 4. The largest absolute Gasteiger partial charge is 0.489 e. The van der Waals surface area contributed by atoms with Gasteiger partial charge in [0, 0.05) is 15.6 Å². The van der Waals surface area contributed by atoms with Crippen LogP contribution in [0, 0.1) is 13.8 Å². The van der Waals surface area contributed by atoms with Gasteiger partial charge in [-0.1, -0.05) is 52.7 Å². The average molecular weight is 481 g/mol. The predicted octanol–water partition coefficient (Wildman–Crippen LogP) is 5.96. The first-order chi connectivity index (χ1) is 15.4. The fourth-order valence-electron chi connectivity index (χ4n) is 3.53. The van der Waals surface area contributed by atoms with Gasteiger partial charge in [-0.15, -0.1) is 0 Å². The Kier molecular flexibility index (Phi) is 5.41. The summed E-state index contributed by atoms with van der Waals surface area (Å²) < 4.78 is 8.18. The van der Waals surface area contributed by atoms with Crippen LogP contribution in [0.3, 0.4) is 0 Å². The molecule has 0 aliphatic carbocycles. The molecule has 0 saturated carbocycles. The number of hydrogen-bond donors (Lipinski definition) is 0. The van der Waals surface area contributed by atoms with Gasteiger partial charge in [-0.3, -0.25) is 4.79 Å². The predicted molar refractivity (Wildman–Crippen MR) is 132 cm³/mol. The van der Waals surface area contributed by atoms with Crippen molar-refractivity contribution in [2.24, 2.45) is 0 Å². The summed E-state index contributed by atoms with van der Waals surface area (Å²) in [6.07, 6.45) is 1.88. The summed E-state index contributed by atoms with van der Waals surface area (Å²) >= 11 is 13.5. The van der Waals surface area contributed by atoms with E-state index in [1.165, 1.54) is 16.9 Å². The van der Waals surface area contributed by atoms with Crippen LogP contribution in [0.5, 0.6) is 5.75 Å². The molecule has 0 radical (unpaired) electrons. The van der Waals surface area contributed by atoms with Gasteiger partial charge < -0.3 is 4.74 Å². The lowest BCUT2D eigenvalue weighted by atomic mass is 10.1. The van der Waals surface area contributed by atoms with Crippen LogP contribution in [0.2, 0.25) is 10.0 Å². The van der Waals surface area contributed by atoms with E-state index in [1.54, 1.807) is 16.5 Å². The Labute approximate surface area is 198 Å². The maximum absolute atomic E-state index is 13.0. The summed E-state index contributed by atoms with van der Waals surface area (Å²) in [6, 6.07) is 17.0. The maximum atomic E-state index is 13.0. The standard InChI is InChI=1S/C25H18Cl2N2O2S/c1-14-9-21-22(10-15(14)2)29-24(30)23(32-25(29)28-21)11-16-3-7-19(8-4-16)31-13-17-5-6-18(26)12-20(17)27/h3-12H,13H2,1-2H3. The van der Waals surface area contributed by atoms with Crippen molar-refractivity contribution in [2.45, 2.75) is 20.5 Å². The molecular weight excluding hydrogens is 463 g/mol. The number of aryl methyl sites for hydroxylation is 2. The second-order valence-electron chi connectivity index (χ2n) is 7.66. The fourth-order valence-corrected chi connectivity index (χ4v) is 4.98. The summed E-state index contributed by atoms with van der Waals surface area (Å²) in [7, 11) is 0. The Balaban J connectivity index is 1.42. The maximum Gasteiger partial charge on any atom is 0.274 e. The van der Waals surface area contributed by atoms with Crippen LogP contribution in [0.1, 0.15) is 22.3 Å². The normalized spacial score (nSPS) is 12.2. The second kappa shape index (κ2) is 8.24. The smallest absolute Gasteiger partial charge is 0.274 e. The van der Waals surface area contributed by atoms with Gasteiger partial charge in [0.05, 0.1) is 15.6 Å². The number of benzene rings is 3. The third-order valence-electron chi connectivity index (χ3n) is 5.44. The highest BCUT2D eigenvalue weighted by Crippen LogP contribution is 2.23. The van der Waals surface area contributed by atoms with Crippen LogP contribution in [0.25, 0.3) is 22.1 Å². The average Bonchev–Trinajstić information content (AvgIpc) is 3.25. The minimum atomic E-state index is -0.0477. The zero-order valence-corrected chi connectivity index (χ0v) is 19.7. The van der Waals surface area contributed by atoms with E-state index in [0.717, 1.165) is 27.7 Å². The number of aromatic nitrogens is 2. The van der Waals surface area contributed by atoms with Crippen molar-refractivity contribution < 1.29 is 4.74 Å². The Morgan fingerprint density at radius 3 is 2.53 bits per heavy atom. The second-order valence-corrected chi connectivity index (χ2v) is 9.52. The van der Waals surface area contributed by atoms with Gasteiger partial charge in [0.15, 0.2) is 4.96 Å². The molecule has 0 spiro atoms. The van der Waals surface area contributed by atoms with E-state index < -0.39 is 0 Å². The van der Waals surface area contributed by atoms with Crippen molar-refractivity contribution in [1.29, 1.82) is 0 Å². The van der Waals surface area contributed by atoms with Gasteiger partial charge in [0.25, 0.3) is 5.56 Å². The van der Waals surface area contributed by atoms with Crippen molar-refractivity contribution >= 4 is 56.6 Å². The first-order valence-corrected chi connectivity index (χ1v) is 11.6. The number of ether oxygens (including phenoxy) is 1. The Hall–Kier alpha value is -2.86. The number of halogens is 2. The van der Waals surface area contributed by atoms with E-state index in [-0.39, 0.29) is 5.56 Å². The van der Waals surface area contributed by atoms with Gasteiger partial charge in [-0.25, -0.2) is 9.38 Å². The van der Waals surface area contributed by atoms with E-state index in [2.05, 4.69) is 11.9 Å². The zero-order chi connectivity index (χ0) is 22.4. The summed E-state index contributed by atoms with van der Waals surface area (Å²) in [4.78, 5) is 18.4. The minimum absolute atomic E-state index is 0.0477. The van der Waals surface area contributed by atoms with Gasteiger partial charge in [-0.2, -0.15) is 0 Å². The number of fused-ring (bicyclic) bond motifs is 3. The van der Waals surface area contributed by atoms with E-state index in [0.29, 0.717) is 31.9 Å². The van der Waals surface area contributed by atoms with Gasteiger partial charge in [-0.05, 0) is 73.0 Å². The Morgan fingerprint density at radius 1 is 1.03 bits per heavy atom. The molecule has 7 heteroatoms. The van der Waals surface area contributed by atoms with Crippen LogP contribution in [-0.2, 0) is 6.61 Å². The molecule has 32 heavy (non-hydrogen) atoms. The zero-order valence-electron chi connectivity index (χ0n) is 17.4. The lowest BCUT2D eigenvalue weighted by Crippen LogP contribution is -2.22. The van der Waals surface area contributed by atoms with Crippen LogP contribution < -0.4 is 14.8 Å². The molecule has 2 aromatic heterocycles. The number of imidazole rings is 1. The van der Waals surface area contributed by atoms with E-state index >= 15 is 0 Å². The molecule has 2 heterocycles. The molecule has 3 aromatic carbocycles. The third-order valence-corrected chi connectivity index (χ3v) is 7.00. The molecule has 0 aliphatic heterocycles. The highest BCUT2D eigenvalue weighted by atomic mass is 35.5. The quantitative estimate of drug-likeness (QED) is 0.318. The highest BCUT2D eigenvalue weighted by molar-refractivity contribution is 7.15. The first-order valence-electron chi connectivity index (χ1n) is 10.00. The van der Waals surface area contributed by atoms with Crippen molar-refractivity contribution in [3.63, 3.8) is 0 Å². The topological polar surface area (TPSA) is 43.6 Å². The molecule has 0 atom stereocenters. The highest BCUT2D eigenvalue weighted by Gasteiger charge is 2.12. The minimum Gasteiger partial charge on any atom is -0.489 e. The Bertz CT molecular complexity index is 1590. The van der Waals surface area contributed by atoms with Crippen molar-refractivity contribution in [1.82, 2.24) is 9.38 Å². The van der Waals surface area contributed by atoms with Gasteiger partial charge >= 0.3 is 0 Å². The molecule has 0 unspecified atom stereocenters. The van der Waals surface area contributed by atoms with Crippen LogP contribution in [-0.4, -0.2) is 9.38 Å². The third kappa shape index (κ3) is 3.88. The molecule has 0 N–H and O–H groups in total. The van der Waals surface area contributed by atoms with Crippen LogP contribution in [0.15, 0.2) is 59.4 Å². The van der Waals surface area contributed by atoms with Crippen molar-refractivity contribution in [3.05, 3.63) is 102 Å². The summed E-state index contributed by atoms with van der Waals surface area (Å²) in [5, 5.41) is 1.17. The van der Waals surface area contributed by atoms with Crippen molar-refractivity contribution in [3.8, 4) is 5.75 Å². The fraction of sp³-hybridized carbons (Fsp3) is 0.120. The number of thiazole rings is 1. The van der Waals surface area contributed by atoms with Crippen LogP contribution >= 0.6 is 34.5 Å². The summed E-state index contributed by atoms with van der Waals surface area (Å²) in [6.45, 7) is 4.44. The molecular formula is C25H18Cl2N2O2S. The number of hydrogen-bond acceptors (Lipinski definition) is 4. The molecule has 0 saturated heterocycles. The monoisotopic (exact) mass is 480 g/mol. The van der Waals surface area contributed by atoms with Gasteiger partial charge in [0.1, 0.15) is 12.4 Å². The molecule has 5 rings (SSSR count). The molecule has 0 bridgehead atoms. The first kappa shape index (κ1) is 21.0. The van der Waals surface area contributed by atoms with Crippen molar-refractivity contribution in [2.75, 3.05) is 0 Å². The summed E-state index contributed by atoms with van der Waals surface area (Å²) in [5.41, 5.74) is 5.75. The number of nitrogens with zero attached hydrogens (tertiary/aromatic N) is 2. The molecule has 5 aromatic rings.